The van der Waals surface area contributed by atoms with Gasteiger partial charge in [0.05, 0.1) is 0 Å². The molecule has 0 radical (unpaired) electrons. The van der Waals surface area contributed by atoms with Gasteiger partial charge in [0.15, 0.2) is 0 Å². The molecule has 0 saturated heterocycles. The van der Waals surface area contributed by atoms with Crippen molar-refractivity contribution < 1.29 is 0 Å². The van der Waals surface area contributed by atoms with Crippen molar-refractivity contribution in [2.75, 3.05) is 13.6 Å². The topological polar surface area (TPSA) is 29.3 Å². The molecule has 2 nitrogen and oxygen atoms in total. The average molecular weight is 186 g/mol. The average Bonchev–Trinajstić information content (AvgIpc) is 2.11. The zero-order chi connectivity index (χ0) is 10.4. The highest BCUT2D eigenvalue weighted by Gasteiger charge is 2.19. The Morgan fingerprint density at radius 2 is 1.77 bits per heavy atom. The Hall–Kier alpha value is -0.0800. The van der Waals surface area contributed by atoms with E-state index in [4.69, 9.17) is 5.73 Å². The quantitative estimate of drug-likeness (QED) is 0.688. The van der Waals surface area contributed by atoms with Gasteiger partial charge in [0.2, 0.25) is 0 Å². The molecule has 0 fully saturated rings. The minimum Gasteiger partial charge on any atom is -0.330 e. The van der Waals surface area contributed by atoms with E-state index in [1.807, 2.05) is 0 Å². The lowest BCUT2D eigenvalue weighted by Crippen LogP contribution is -2.41. The van der Waals surface area contributed by atoms with E-state index >= 15 is 0 Å². The van der Waals surface area contributed by atoms with Crippen molar-refractivity contribution in [3.63, 3.8) is 0 Å². The lowest BCUT2D eigenvalue weighted by molar-refractivity contribution is 0.139. The van der Waals surface area contributed by atoms with Crippen LogP contribution in [0.25, 0.3) is 0 Å². The molecule has 0 aliphatic rings. The molecule has 0 aromatic rings. The summed E-state index contributed by atoms with van der Waals surface area (Å²) in [6, 6.07) is 1.30. The first-order chi connectivity index (χ1) is 6.04. The predicted molar refractivity (Wildman–Crippen MR) is 59.8 cm³/mol. The second-order valence-corrected chi connectivity index (χ2v) is 4.29. The number of nitrogens with zero attached hydrogens (tertiary/aromatic N) is 1. The maximum atomic E-state index is 5.59. The highest BCUT2D eigenvalue weighted by molar-refractivity contribution is 4.74. The van der Waals surface area contributed by atoms with Gasteiger partial charge in [-0.05, 0) is 39.3 Å². The molecule has 0 amide bonds. The Balaban J connectivity index is 4.10. The molecule has 80 valence electrons. The van der Waals surface area contributed by atoms with Gasteiger partial charge in [-0.15, -0.1) is 0 Å². The molecule has 0 aromatic heterocycles. The molecule has 2 atom stereocenters. The number of rotatable bonds is 6. The lowest BCUT2D eigenvalue weighted by Gasteiger charge is -2.34. The highest BCUT2D eigenvalue weighted by Crippen LogP contribution is 2.15. The molecule has 0 spiro atoms. The molecular weight excluding hydrogens is 160 g/mol. The largest absolute Gasteiger partial charge is 0.330 e. The third-order valence-electron chi connectivity index (χ3n) is 3.15. The molecule has 0 saturated carbocycles. The Morgan fingerprint density at radius 3 is 2.08 bits per heavy atom. The molecule has 0 rings (SSSR count). The van der Waals surface area contributed by atoms with E-state index in [0.717, 1.165) is 18.9 Å². The number of hydrogen-bond donors (Lipinski definition) is 1. The summed E-state index contributed by atoms with van der Waals surface area (Å²) < 4.78 is 0. The monoisotopic (exact) mass is 186 g/mol. The second kappa shape index (κ2) is 6.39. The smallest absolute Gasteiger partial charge is 0.0104 e. The van der Waals surface area contributed by atoms with Crippen LogP contribution in [-0.4, -0.2) is 30.6 Å². The van der Waals surface area contributed by atoms with Crippen LogP contribution in [0.15, 0.2) is 0 Å². The van der Waals surface area contributed by atoms with Crippen LogP contribution < -0.4 is 5.73 Å². The van der Waals surface area contributed by atoms with Gasteiger partial charge in [0.1, 0.15) is 0 Å². The zero-order valence-corrected chi connectivity index (χ0v) is 9.88. The summed E-state index contributed by atoms with van der Waals surface area (Å²) in [4.78, 5) is 2.47. The number of hydrogen-bond acceptors (Lipinski definition) is 2. The SMILES string of the molecule is CCC(CCN)N(C)C(C)C(C)C. The van der Waals surface area contributed by atoms with Gasteiger partial charge in [-0.2, -0.15) is 0 Å². The summed E-state index contributed by atoms with van der Waals surface area (Å²) in [7, 11) is 2.22. The fraction of sp³-hybridized carbons (Fsp3) is 1.00. The van der Waals surface area contributed by atoms with Crippen LogP contribution in [-0.2, 0) is 0 Å². The van der Waals surface area contributed by atoms with Crippen molar-refractivity contribution in [1.82, 2.24) is 4.90 Å². The minimum atomic E-state index is 0.650. The first-order valence-electron chi connectivity index (χ1n) is 5.46. The number of nitrogens with two attached hydrogens (primary N) is 1. The fourth-order valence-electron chi connectivity index (χ4n) is 1.69. The summed E-state index contributed by atoms with van der Waals surface area (Å²) in [6.45, 7) is 9.88. The Morgan fingerprint density at radius 1 is 1.23 bits per heavy atom. The molecule has 0 aliphatic carbocycles. The Bertz CT molecular complexity index is 123. The molecule has 2 unspecified atom stereocenters. The first-order valence-corrected chi connectivity index (χ1v) is 5.46. The summed E-state index contributed by atoms with van der Waals surface area (Å²) in [6.07, 6.45) is 2.31. The van der Waals surface area contributed by atoms with Gasteiger partial charge < -0.3 is 10.6 Å². The Kier molecular flexibility index (Phi) is 6.35. The van der Waals surface area contributed by atoms with Crippen LogP contribution in [0.2, 0.25) is 0 Å². The van der Waals surface area contributed by atoms with E-state index in [1.165, 1.54) is 6.42 Å². The van der Waals surface area contributed by atoms with Crippen molar-refractivity contribution >= 4 is 0 Å². The van der Waals surface area contributed by atoms with E-state index in [9.17, 15) is 0 Å². The first kappa shape index (κ1) is 12.9. The molecule has 13 heavy (non-hydrogen) atoms. The normalized spacial score (nSPS) is 16.6. The molecule has 0 heterocycles. The van der Waals surface area contributed by atoms with Crippen molar-refractivity contribution in [2.24, 2.45) is 11.7 Å². The molecule has 2 N–H and O–H groups in total. The molecule has 0 aromatic carbocycles. The second-order valence-electron chi connectivity index (χ2n) is 4.29. The predicted octanol–water partition coefficient (Wildman–Crippen LogP) is 2.09. The van der Waals surface area contributed by atoms with Gasteiger partial charge in [0.25, 0.3) is 0 Å². The van der Waals surface area contributed by atoms with Crippen LogP contribution in [0.4, 0.5) is 0 Å². The molecule has 0 bridgehead atoms. The maximum Gasteiger partial charge on any atom is 0.0104 e. The summed E-state index contributed by atoms with van der Waals surface area (Å²) in [5, 5.41) is 0. The van der Waals surface area contributed by atoms with Crippen LogP contribution in [0, 0.1) is 5.92 Å². The van der Waals surface area contributed by atoms with Crippen molar-refractivity contribution in [3.05, 3.63) is 0 Å². The summed E-state index contributed by atoms with van der Waals surface area (Å²) >= 11 is 0. The van der Waals surface area contributed by atoms with E-state index in [1.54, 1.807) is 0 Å². The summed E-state index contributed by atoms with van der Waals surface area (Å²) in [5.74, 6) is 0.719. The third-order valence-corrected chi connectivity index (χ3v) is 3.15. The lowest BCUT2D eigenvalue weighted by atomic mass is 10.0. The van der Waals surface area contributed by atoms with E-state index in [-0.39, 0.29) is 0 Å². The Labute approximate surface area is 83.5 Å². The highest BCUT2D eigenvalue weighted by atomic mass is 15.2. The standard InChI is InChI=1S/C11H26N2/c1-6-11(7-8-12)13(5)10(4)9(2)3/h9-11H,6-8,12H2,1-5H3. The van der Waals surface area contributed by atoms with Crippen LogP contribution in [0.3, 0.4) is 0 Å². The van der Waals surface area contributed by atoms with Crippen LogP contribution in [0.1, 0.15) is 40.5 Å². The summed E-state index contributed by atoms with van der Waals surface area (Å²) in [5.41, 5.74) is 5.59. The van der Waals surface area contributed by atoms with Gasteiger partial charge >= 0.3 is 0 Å². The molecular formula is C11H26N2. The van der Waals surface area contributed by atoms with E-state index in [0.29, 0.717) is 12.1 Å². The van der Waals surface area contributed by atoms with Crippen molar-refractivity contribution in [1.29, 1.82) is 0 Å². The van der Waals surface area contributed by atoms with E-state index in [2.05, 4.69) is 39.6 Å². The van der Waals surface area contributed by atoms with Crippen LogP contribution >= 0.6 is 0 Å². The van der Waals surface area contributed by atoms with Crippen molar-refractivity contribution in [2.45, 2.75) is 52.6 Å². The maximum absolute atomic E-state index is 5.59. The minimum absolute atomic E-state index is 0.650. The molecule has 2 heteroatoms. The third kappa shape index (κ3) is 4.10. The fourth-order valence-corrected chi connectivity index (χ4v) is 1.69. The van der Waals surface area contributed by atoms with Gasteiger partial charge in [-0.1, -0.05) is 20.8 Å². The van der Waals surface area contributed by atoms with Crippen molar-refractivity contribution in [3.8, 4) is 0 Å². The van der Waals surface area contributed by atoms with Crippen LogP contribution in [0.5, 0.6) is 0 Å². The van der Waals surface area contributed by atoms with Gasteiger partial charge in [-0.3, -0.25) is 0 Å². The molecule has 0 aliphatic heterocycles. The van der Waals surface area contributed by atoms with Gasteiger partial charge in [0, 0.05) is 12.1 Å². The zero-order valence-electron chi connectivity index (χ0n) is 9.88. The van der Waals surface area contributed by atoms with E-state index < -0.39 is 0 Å². The van der Waals surface area contributed by atoms with Gasteiger partial charge in [-0.25, -0.2) is 0 Å².